The highest BCUT2D eigenvalue weighted by molar-refractivity contribution is 7.89. The van der Waals surface area contributed by atoms with Gasteiger partial charge in [-0.2, -0.15) is 4.31 Å². The fourth-order valence-electron chi connectivity index (χ4n) is 2.10. The molecule has 0 saturated carbocycles. The third-order valence-corrected chi connectivity index (χ3v) is 5.36. The lowest BCUT2D eigenvalue weighted by Gasteiger charge is -2.34. The summed E-state index contributed by atoms with van der Waals surface area (Å²) in [6.07, 6.45) is 0.524. The summed E-state index contributed by atoms with van der Waals surface area (Å²) in [5, 5.41) is 9.64. The lowest BCUT2D eigenvalue weighted by atomic mass is 10.0. The van der Waals surface area contributed by atoms with Crippen LogP contribution in [-0.2, 0) is 10.0 Å². The highest BCUT2D eigenvalue weighted by Crippen LogP contribution is 2.25. The molecule has 5 nitrogen and oxygen atoms in total. The summed E-state index contributed by atoms with van der Waals surface area (Å²) in [5.41, 5.74) is 5.08. The average Bonchev–Trinajstić information content (AvgIpc) is 2.28. The second-order valence-electron chi connectivity index (χ2n) is 4.77. The molecule has 0 aromatic heterocycles. The van der Waals surface area contributed by atoms with Crippen molar-refractivity contribution in [2.24, 2.45) is 5.73 Å². The van der Waals surface area contributed by atoms with Crippen molar-refractivity contribution >= 4 is 10.0 Å². The molecule has 0 radical (unpaired) electrons. The van der Waals surface area contributed by atoms with Crippen LogP contribution in [0.2, 0.25) is 0 Å². The van der Waals surface area contributed by atoms with Crippen LogP contribution in [-0.4, -0.2) is 36.6 Å². The van der Waals surface area contributed by atoms with Crippen LogP contribution in [0.5, 0.6) is 0 Å². The van der Waals surface area contributed by atoms with E-state index in [1.54, 1.807) is 25.1 Å². The minimum absolute atomic E-state index is 0.254. The van der Waals surface area contributed by atoms with Crippen molar-refractivity contribution in [3.8, 4) is 0 Å². The number of nitrogens with zero attached hydrogens (tertiary/aromatic N) is 1. The summed E-state index contributed by atoms with van der Waals surface area (Å²) >= 11 is 0. The fraction of sp³-hybridized carbons (Fsp3) is 0.500. The molecule has 1 fully saturated rings. The quantitative estimate of drug-likeness (QED) is 0.763. The van der Waals surface area contributed by atoms with Crippen LogP contribution in [0, 0.1) is 6.92 Å². The van der Waals surface area contributed by atoms with Gasteiger partial charge in [0.1, 0.15) is 5.72 Å². The molecule has 100 valence electrons. The molecule has 0 bridgehead atoms. The first-order valence-corrected chi connectivity index (χ1v) is 7.34. The van der Waals surface area contributed by atoms with Gasteiger partial charge in [0.15, 0.2) is 0 Å². The van der Waals surface area contributed by atoms with Crippen LogP contribution in [0.25, 0.3) is 0 Å². The van der Waals surface area contributed by atoms with Crippen LogP contribution in [0.15, 0.2) is 29.2 Å². The molecule has 6 heteroatoms. The maximum absolute atomic E-state index is 12.4. The van der Waals surface area contributed by atoms with Crippen LogP contribution in [0.4, 0.5) is 0 Å². The topological polar surface area (TPSA) is 83.6 Å². The number of nitrogens with two attached hydrogens (primary N) is 1. The van der Waals surface area contributed by atoms with E-state index in [1.165, 1.54) is 4.31 Å². The standard InChI is InChI=1S/C12H18N2O3S/c1-10-4-2-3-5-11(10)18(16,17)14-8-6-12(13,15)7-9-14/h2-5,15H,6-9,13H2,1H3. The maximum atomic E-state index is 12.4. The second-order valence-corrected chi connectivity index (χ2v) is 6.68. The third-order valence-electron chi connectivity index (χ3n) is 3.30. The molecule has 0 atom stereocenters. The Morgan fingerprint density at radius 1 is 1.28 bits per heavy atom. The highest BCUT2D eigenvalue weighted by Gasteiger charge is 2.34. The van der Waals surface area contributed by atoms with E-state index in [4.69, 9.17) is 5.73 Å². The van der Waals surface area contributed by atoms with Gasteiger partial charge in [0.2, 0.25) is 10.0 Å². The zero-order valence-corrected chi connectivity index (χ0v) is 11.2. The number of piperidine rings is 1. The third kappa shape index (κ3) is 2.56. The van der Waals surface area contributed by atoms with E-state index in [2.05, 4.69) is 0 Å². The first-order chi connectivity index (χ1) is 8.33. The van der Waals surface area contributed by atoms with E-state index < -0.39 is 15.7 Å². The largest absolute Gasteiger partial charge is 0.376 e. The molecule has 0 spiro atoms. The summed E-state index contributed by atoms with van der Waals surface area (Å²) in [7, 11) is -3.48. The van der Waals surface area contributed by atoms with E-state index in [0.29, 0.717) is 4.90 Å². The predicted molar refractivity (Wildman–Crippen MR) is 68.3 cm³/mol. The molecule has 0 unspecified atom stereocenters. The van der Waals surface area contributed by atoms with Gasteiger partial charge in [-0.3, -0.25) is 0 Å². The zero-order valence-electron chi connectivity index (χ0n) is 10.3. The van der Waals surface area contributed by atoms with Gasteiger partial charge in [0.25, 0.3) is 0 Å². The fourth-order valence-corrected chi connectivity index (χ4v) is 3.77. The van der Waals surface area contributed by atoms with E-state index >= 15 is 0 Å². The number of aliphatic hydroxyl groups is 1. The lowest BCUT2D eigenvalue weighted by Crippen LogP contribution is -2.51. The number of rotatable bonds is 2. The SMILES string of the molecule is Cc1ccccc1S(=O)(=O)N1CCC(N)(O)CC1. The van der Waals surface area contributed by atoms with Crippen LogP contribution < -0.4 is 5.73 Å². The molecular weight excluding hydrogens is 252 g/mol. The Morgan fingerprint density at radius 3 is 2.39 bits per heavy atom. The summed E-state index contributed by atoms with van der Waals surface area (Å²) in [4.78, 5) is 0.326. The molecule has 1 aromatic rings. The van der Waals surface area contributed by atoms with Gasteiger partial charge in [-0.15, -0.1) is 0 Å². The first kappa shape index (κ1) is 13.5. The summed E-state index contributed by atoms with van der Waals surface area (Å²) in [5.74, 6) is 0. The molecule has 1 heterocycles. The number of aryl methyl sites for hydroxylation is 1. The van der Waals surface area contributed by atoms with Gasteiger partial charge in [0.05, 0.1) is 4.90 Å². The Hall–Kier alpha value is -0.950. The number of benzene rings is 1. The van der Waals surface area contributed by atoms with Gasteiger partial charge < -0.3 is 10.8 Å². The first-order valence-electron chi connectivity index (χ1n) is 5.90. The lowest BCUT2D eigenvalue weighted by molar-refractivity contribution is 0.00105. The number of hydrogen-bond acceptors (Lipinski definition) is 4. The van der Waals surface area contributed by atoms with E-state index in [1.807, 2.05) is 6.07 Å². The van der Waals surface area contributed by atoms with Crippen molar-refractivity contribution in [3.05, 3.63) is 29.8 Å². The van der Waals surface area contributed by atoms with Crippen molar-refractivity contribution < 1.29 is 13.5 Å². The molecule has 3 N–H and O–H groups in total. The molecule has 2 rings (SSSR count). The van der Waals surface area contributed by atoms with Crippen molar-refractivity contribution in [3.63, 3.8) is 0 Å². The molecule has 18 heavy (non-hydrogen) atoms. The van der Waals surface area contributed by atoms with Crippen LogP contribution in [0.3, 0.4) is 0 Å². The predicted octanol–water partition coefficient (Wildman–Crippen LogP) is 0.427. The monoisotopic (exact) mass is 270 g/mol. The minimum atomic E-state index is -3.48. The Balaban J connectivity index is 2.26. The van der Waals surface area contributed by atoms with Crippen molar-refractivity contribution in [2.75, 3.05) is 13.1 Å². The molecule has 0 amide bonds. The molecule has 1 aliphatic rings. The second kappa shape index (κ2) is 4.62. The normalized spacial score (nSPS) is 20.8. The summed E-state index contributed by atoms with van der Waals surface area (Å²) < 4.78 is 26.2. The molecule has 1 aromatic carbocycles. The summed E-state index contributed by atoms with van der Waals surface area (Å²) in [6, 6.07) is 6.90. The van der Waals surface area contributed by atoms with Gasteiger partial charge in [0, 0.05) is 25.9 Å². The Bertz CT molecular complexity index is 530. The summed E-state index contributed by atoms with van der Waals surface area (Å²) in [6.45, 7) is 2.28. The zero-order chi connectivity index (χ0) is 13.4. The van der Waals surface area contributed by atoms with E-state index in [9.17, 15) is 13.5 Å². The van der Waals surface area contributed by atoms with Crippen molar-refractivity contribution in [1.82, 2.24) is 4.31 Å². The minimum Gasteiger partial charge on any atom is -0.376 e. The molecule has 1 aliphatic heterocycles. The van der Waals surface area contributed by atoms with E-state index in [0.717, 1.165) is 5.56 Å². The van der Waals surface area contributed by atoms with Crippen LogP contribution >= 0.6 is 0 Å². The highest BCUT2D eigenvalue weighted by atomic mass is 32.2. The van der Waals surface area contributed by atoms with Gasteiger partial charge in [-0.05, 0) is 18.6 Å². The van der Waals surface area contributed by atoms with Gasteiger partial charge >= 0.3 is 0 Å². The molecule has 0 aliphatic carbocycles. The molecule has 1 saturated heterocycles. The average molecular weight is 270 g/mol. The Labute approximate surface area is 107 Å². The van der Waals surface area contributed by atoms with Gasteiger partial charge in [-0.1, -0.05) is 18.2 Å². The smallest absolute Gasteiger partial charge is 0.243 e. The number of sulfonamides is 1. The van der Waals surface area contributed by atoms with Crippen molar-refractivity contribution in [1.29, 1.82) is 0 Å². The number of hydrogen-bond donors (Lipinski definition) is 2. The Kier molecular flexibility index (Phi) is 3.46. The maximum Gasteiger partial charge on any atom is 0.243 e. The molecular formula is C12H18N2O3S. The van der Waals surface area contributed by atoms with Crippen molar-refractivity contribution in [2.45, 2.75) is 30.4 Å². The van der Waals surface area contributed by atoms with Crippen LogP contribution in [0.1, 0.15) is 18.4 Å². The van der Waals surface area contributed by atoms with E-state index in [-0.39, 0.29) is 25.9 Å². The van der Waals surface area contributed by atoms with Gasteiger partial charge in [-0.25, -0.2) is 8.42 Å². The Morgan fingerprint density at radius 2 is 1.83 bits per heavy atom.